The SMILES string of the molecule is CCC(O)CCNC(=O)Cn1cccc(C(F)(F)F)c1=O. The first kappa shape index (κ1) is 17.2. The van der Waals surface area contributed by atoms with E-state index >= 15 is 0 Å². The first-order chi connectivity index (χ1) is 9.75. The number of halogens is 3. The van der Waals surface area contributed by atoms with Crippen molar-refractivity contribution >= 4 is 5.91 Å². The molecule has 0 saturated heterocycles. The van der Waals surface area contributed by atoms with Crippen LogP contribution >= 0.6 is 0 Å². The Kier molecular flexibility index (Phi) is 5.95. The van der Waals surface area contributed by atoms with E-state index in [1.54, 1.807) is 6.92 Å². The Balaban J connectivity index is 2.67. The summed E-state index contributed by atoms with van der Waals surface area (Å²) in [6, 6.07) is 1.74. The summed E-state index contributed by atoms with van der Waals surface area (Å²) >= 11 is 0. The Morgan fingerprint density at radius 3 is 2.71 bits per heavy atom. The van der Waals surface area contributed by atoms with E-state index in [9.17, 15) is 27.9 Å². The number of aromatic nitrogens is 1. The maximum atomic E-state index is 12.6. The van der Waals surface area contributed by atoms with Crippen molar-refractivity contribution in [2.45, 2.75) is 38.6 Å². The van der Waals surface area contributed by atoms with Gasteiger partial charge in [0.25, 0.3) is 5.56 Å². The summed E-state index contributed by atoms with van der Waals surface area (Å²) in [5.41, 5.74) is -2.56. The van der Waals surface area contributed by atoms with Crippen LogP contribution in [0.5, 0.6) is 0 Å². The minimum Gasteiger partial charge on any atom is -0.393 e. The Labute approximate surface area is 119 Å². The number of alkyl halides is 3. The number of rotatable bonds is 6. The lowest BCUT2D eigenvalue weighted by atomic mass is 10.2. The third kappa shape index (κ3) is 5.22. The van der Waals surface area contributed by atoms with Crippen molar-refractivity contribution in [1.82, 2.24) is 9.88 Å². The zero-order valence-electron chi connectivity index (χ0n) is 11.5. The van der Waals surface area contributed by atoms with Crippen LogP contribution in [0.1, 0.15) is 25.3 Å². The van der Waals surface area contributed by atoms with Gasteiger partial charge in [-0.05, 0) is 25.0 Å². The highest BCUT2D eigenvalue weighted by Crippen LogP contribution is 2.25. The summed E-state index contributed by atoms with van der Waals surface area (Å²) in [4.78, 5) is 23.2. The quantitative estimate of drug-likeness (QED) is 0.828. The second-order valence-corrected chi connectivity index (χ2v) is 4.55. The van der Waals surface area contributed by atoms with Crippen molar-refractivity contribution in [2.75, 3.05) is 6.54 Å². The molecule has 8 heteroatoms. The van der Waals surface area contributed by atoms with Crippen molar-refractivity contribution in [3.63, 3.8) is 0 Å². The second kappa shape index (κ2) is 7.26. The molecule has 1 heterocycles. The molecule has 0 aromatic carbocycles. The van der Waals surface area contributed by atoms with E-state index in [1.165, 1.54) is 0 Å². The van der Waals surface area contributed by atoms with E-state index in [0.29, 0.717) is 23.5 Å². The molecule has 0 fully saturated rings. The lowest BCUT2D eigenvalue weighted by molar-refractivity contribution is -0.139. The van der Waals surface area contributed by atoms with Gasteiger partial charge in [-0.3, -0.25) is 9.59 Å². The Hall–Kier alpha value is -1.83. The Morgan fingerprint density at radius 1 is 1.48 bits per heavy atom. The fourth-order valence-electron chi connectivity index (χ4n) is 1.67. The Bertz CT molecular complexity index is 540. The number of amides is 1. The van der Waals surface area contributed by atoms with Gasteiger partial charge in [-0.15, -0.1) is 0 Å². The van der Waals surface area contributed by atoms with Gasteiger partial charge in [0, 0.05) is 12.7 Å². The van der Waals surface area contributed by atoms with Crippen LogP contribution in [0.4, 0.5) is 13.2 Å². The molecule has 1 aromatic heterocycles. The second-order valence-electron chi connectivity index (χ2n) is 4.55. The lowest BCUT2D eigenvalue weighted by Gasteiger charge is -2.11. The summed E-state index contributed by atoms with van der Waals surface area (Å²) in [6.45, 7) is 1.49. The average Bonchev–Trinajstić information content (AvgIpc) is 2.39. The van der Waals surface area contributed by atoms with E-state index < -0.39 is 35.9 Å². The summed E-state index contributed by atoms with van der Waals surface area (Å²) in [6.07, 6.45) is -3.27. The number of carbonyl (C=O) groups excluding carboxylic acids is 1. The van der Waals surface area contributed by atoms with Gasteiger partial charge in [-0.25, -0.2) is 0 Å². The van der Waals surface area contributed by atoms with E-state index in [0.717, 1.165) is 12.3 Å². The smallest absolute Gasteiger partial charge is 0.393 e. The van der Waals surface area contributed by atoms with Crippen LogP contribution in [0, 0.1) is 0 Å². The number of aliphatic hydroxyl groups is 1. The molecule has 118 valence electrons. The first-order valence-electron chi connectivity index (χ1n) is 6.47. The third-order valence-electron chi connectivity index (χ3n) is 2.91. The normalized spacial score (nSPS) is 13.0. The number of hydrogen-bond donors (Lipinski definition) is 2. The average molecular weight is 306 g/mol. The van der Waals surface area contributed by atoms with Gasteiger partial charge in [0.1, 0.15) is 12.1 Å². The van der Waals surface area contributed by atoms with E-state index in [2.05, 4.69) is 5.32 Å². The maximum absolute atomic E-state index is 12.6. The van der Waals surface area contributed by atoms with Gasteiger partial charge in [-0.1, -0.05) is 6.92 Å². The molecular weight excluding hydrogens is 289 g/mol. The molecular formula is C13H17F3N2O3. The van der Waals surface area contributed by atoms with E-state index in [-0.39, 0.29) is 6.54 Å². The molecule has 2 N–H and O–H groups in total. The molecule has 1 aromatic rings. The van der Waals surface area contributed by atoms with Gasteiger partial charge >= 0.3 is 6.18 Å². The van der Waals surface area contributed by atoms with Crippen molar-refractivity contribution < 1.29 is 23.1 Å². The summed E-state index contributed by atoms with van der Waals surface area (Å²) in [7, 11) is 0. The molecule has 1 amide bonds. The van der Waals surface area contributed by atoms with Crippen molar-refractivity contribution in [2.24, 2.45) is 0 Å². The predicted octanol–water partition coefficient (Wildman–Crippen LogP) is 1.14. The van der Waals surface area contributed by atoms with E-state index in [1.807, 2.05) is 0 Å². The third-order valence-corrected chi connectivity index (χ3v) is 2.91. The zero-order valence-corrected chi connectivity index (χ0v) is 11.5. The van der Waals surface area contributed by atoms with Crippen LogP contribution in [0.3, 0.4) is 0 Å². The number of carbonyl (C=O) groups is 1. The highest BCUT2D eigenvalue weighted by molar-refractivity contribution is 5.75. The molecule has 1 rings (SSSR count). The highest BCUT2D eigenvalue weighted by atomic mass is 19.4. The molecule has 0 aliphatic rings. The molecule has 1 unspecified atom stereocenters. The number of nitrogens with one attached hydrogen (secondary N) is 1. The Morgan fingerprint density at radius 2 is 2.14 bits per heavy atom. The van der Waals surface area contributed by atoms with Gasteiger partial charge in [0.05, 0.1) is 6.10 Å². The number of hydrogen-bond acceptors (Lipinski definition) is 3. The van der Waals surface area contributed by atoms with Crippen LogP contribution in [-0.4, -0.2) is 28.2 Å². The highest BCUT2D eigenvalue weighted by Gasteiger charge is 2.34. The lowest BCUT2D eigenvalue weighted by Crippen LogP contribution is -2.35. The first-order valence-corrected chi connectivity index (χ1v) is 6.47. The molecule has 1 atom stereocenters. The summed E-state index contributed by atoms with van der Waals surface area (Å²) in [5, 5.41) is 11.7. The fourth-order valence-corrected chi connectivity index (χ4v) is 1.67. The van der Waals surface area contributed by atoms with Crippen LogP contribution in [0.25, 0.3) is 0 Å². The zero-order chi connectivity index (χ0) is 16.0. The van der Waals surface area contributed by atoms with E-state index in [4.69, 9.17) is 0 Å². The molecule has 0 saturated carbocycles. The predicted molar refractivity (Wildman–Crippen MR) is 69.6 cm³/mol. The molecule has 0 spiro atoms. The van der Waals surface area contributed by atoms with Crippen LogP contribution < -0.4 is 10.9 Å². The monoisotopic (exact) mass is 306 g/mol. The largest absolute Gasteiger partial charge is 0.421 e. The standard InChI is InChI=1S/C13H17F3N2O3/c1-2-9(19)5-6-17-11(20)8-18-7-3-4-10(12(18)21)13(14,15)16/h3-4,7,9,19H,2,5-6,8H2,1H3,(H,17,20). The molecule has 0 aliphatic carbocycles. The molecule has 21 heavy (non-hydrogen) atoms. The summed E-state index contributed by atoms with van der Waals surface area (Å²) < 4.78 is 38.4. The number of aliphatic hydroxyl groups excluding tert-OH is 1. The topological polar surface area (TPSA) is 71.3 Å². The maximum Gasteiger partial charge on any atom is 0.421 e. The molecule has 0 aliphatic heterocycles. The fraction of sp³-hybridized carbons (Fsp3) is 0.538. The van der Waals surface area contributed by atoms with Gasteiger partial charge < -0.3 is 15.0 Å². The van der Waals surface area contributed by atoms with Gasteiger partial charge in [0.15, 0.2) is 0 Å². The van der Waals surface area contributed by atoms with Gasteiger partial charge in [-0.2, -0.15) is 13.2 Å². The van der Waals surface area contributed by atoms with Gasteiger partial charge in [0.2, 0.25) is 5.91 Å². The number of nitrogens with zero attached hydrogens (tertiary/aromatic N) is 1. The van der Waals surface area contributed by atoms with Crippen LogP contribution in [-0.2, 0) is 17.5 Å². The van der Waals surface area contributed by atoms with Crippen molar-refractivity contribution in [1.29, 1.82) is 0 Å². The van der Waals surface area contributed by atoms with Crippen molar-refractivity contribution in [3.8, 4) is 0 Å². The van der Waals surface area contributed by atoms with Crippen molar-refractivity contribution in [3.05, 3.63) is 34.2 Å². The van der Waals surface area contributed by atoms with Crippen LogP contribution in [0.15, 0.2) is 23.1 Å². The molecule has 0 bridgehead atoms. The minimum absolute atomic E-state index is 0.196. The molecule has 5 nitrogen and oxygen atoms in total. The number of pyridine rings is 1. The van der Waals surface area contributed by atoms with Crippen LogP contribution in [0.2, 0.25) is 0 Å². The minimum atomic E-state index is -4.75. The summed E-state index contributed by atoms with van der Waals surface area (Å²) in [5.74, 6) is -0.584. The molecule has 0 radical (unpaired) electrons.